The molecule has 0 radical (unpaired) electrons. The highest BCUT2D eigenvalue weighted by molar-refractivity contribution is 6.43. The molecule has 1 aliphatic carbocycles. The number of carbonyl (C=O) groups excluding carboxylic acids is 1. The van der Waals surface area contributed by atoms with Crippen LogP contribution in [0.25, 0.3) is 0 Å². The van der Waals surface area contributed by atoms with Gasteiger partial charge in [0.1, 0.15) is 5.75 Å². The van der Waals surface area contributed by atoms with Gasteiger partial charge in [-0.1, -0.05) is 35.3 Å². The molecule has 2 aromatic rings. The summed E-state index contributed by atoms with van der Waals surface area (Å²) in [7, 11) is 0. The number of piperazine rings is 1. The van der Waals surface area contributed by atoms with E-state index < -0.39 is 0 Å². The predicted octanol–water partition coefficient (Wildman–Crippen LogP) is 5.90. The Hall–Kier alpha value is -2.28. The Morgan fingerprint density at radius 3 is 2.66 bits per heavy atom. The largest absolute Gasteiger partial charge is 0.494 e. The maximum atomic E-state index is 11.9. The Balaban J connectivity index is 1.03. The van der Waals surface area contributed by atoms with E-state index in [0.717, 1.165) is 82.0 Å². The van der Waals surface area contributed by atoms with Gasteiger partial charge in [-0.25, -0.2) is 4.99 Å². The molecule has 2 fully saturated rings. The second-order valence-corrected chi connectivity index (χ2v) is 10.2. The Labute approximate surface area is 216 Å². The number of rotatable bonds is 8. The van der Waals surface area contributed by atoms with Gasteiger partial charge >= 0.3 is 5.97 Å². The Bertz CT molecular complexity index is 1100. The van der Waals surface area contributed by atoms with Gasteiger partial charge in [-0.05, 0) is 62.4 Å². The zero-order valence-electron chi connectivity index (χ0n) is 19.8. The molecule has 0 atom stereocenters. The molecule has 3 aliphatic rings. The number of hydrogen-bond acceptors (Lipinski definition) is 6. The summed E-state index contributed by atoms with van der Waals surface area (Å²) in [6, 6.07) is 11.9. The second kappa shape index (κ2) is 11.2. The van der Waals surface area contributed by atoms with Gasteiger partial charge in [0.05, 0.1) is 33.9 Å². The first kappa shape index (κ1) is 24.4. The van der Waals surface area contributed by atoms with Gasteiger partial charge in [-0.2, -0.15) is 0 Å². The maximum absolute atomic E-state index is 11.9. The van der Waals surface area contributed by atoms with E-state index in [2.05, 4.69) is 20.9 Å². The van der Waals surface area contributed by atoms with Gasteiger partial charge in [0.25, 0.3) is 0 Å². The van der Waals surface area contributed by atoms with Crippen molar-refractivity contribution in [3.8, 4) is 5.75 Å². The van der Waals surface area contributed by atoms with Crippen molar-refractivity contribution in [1.29, 1.82) is 0 Å². The monoisotopic (exact) mass is 515 g/mol. The lowest BCUT2D eigenvalue weighted by molar-refractivity contribution is -0.137. The molecule has 0 spiro atoms. The highest BCUT2D eigenvalue weighted by atomic mass is 35.5. The van der Waals surface area contributed by atoms with Gasteiger partial charge in [-0.15, -0.1) is 0 Å². The highest BCUT2D eigenvalue weighted by Crippen LogP contribution is 2.34. The number of aryl methyl sites for hydroxylation is 1. The number of esters is 1. The Morgan fingerprint density at radius 2 is 1.86 bits per heavy atom. The summed E-state index contributed by atoms with van der Waals surface area (Å²) in [6.07, 6.45) is 5.46. The minimum atomic E-state index is -0.130. The molecule has 0 amide bonds. The molecule has 0 N–H and O–H groups in total. The first-order valence-electron chi connectivity index (χ1n) is 12.5. The lowest BCUT2D eigenvalue weighted by atomic mass is 10.0. The van der Waals surface area contributed by atoms with E-state index in [1.54, 1.807) is 0 Å². The van der Waals surface area contributed by atoms with Crippen LogP contribution in [0.15, 0.2) is 41.4 Å². The zero-order chi connectivity index (χ0) is 24.2. The number of anilines is 1. The van der Waals surface area contributed by atoms with Gasteiger partial charge in [0, 0.05) is 38.7 Å². The van der Waals surface area contributed by atoms with Crippen LogP contribution in [0, 0.1) is 5.92 Å². The number of aliphatic imine (C=N–C) groups is 1. The molecule has 0 unspecified atom stereocenters. The Kier molecular flexibility index (Phi) is 7.81. The van der Waals surface area contributed by atoms with Crippen LogP contribution in [0.5, 0.6) is 5.75 Å². The molecule has 1 saturated carbocycles. The minimum Gasteiger partial charge on any atom is -0.494 e. The molecule has 6 nitrogen and oxygen atoms in total. The summed E-state index contributed by atoms with van der Waals surface area (Å²) >= 11 is 12.6. The van der Waals surface area contributed by atoms with E-state index in [4.69, 9.17) is 32.7 Å². The summed E-state index contributed by atoms with van der Waals surface area (Å²) in [5, 5.41) is 1.25. The summed E-state index contributed by atoms with van der Waals surface area (Å²) in [5.41, 5.74) is 3.04. The number of halogens is 2. The Morgan fingerprint density at radius 1 is 1.03 bits per heavy atom. The van der Waals surface area contributed by atoms with Crippen LogP contribution in [0.2, 0.25) is 10.0 Å². The quantitative estimate of drug-likeness (QED) is 0.323. The number of fused-ring (bicyclic) bond motifs is 1. The van der Waals surface area contributed by atoms with Crippen LogP contribution >= 0.6 is 23.2 Å². The lowest BCUT2D eigenvalue weighted by Gasteiger charge is -2.36. The van der Waals surface area contributed by atoms with Gasteiger partial charge in [-0.3, -0.25) is 9.69 Å². The molecular formula is C27H31Cl2N3O3. The van der Waals surface area contributed by atoms with E-state index in [9.17, 15) is 4.79 Å². The number of carbonyl (C=O) groups is 1. The van der Waals surface area contributed by atoms with Crippen molar-refractivity contribution in [2.24, 2.45) is 10.9 Å². The first-order valence-corrected chi connectivity index (χ1v) is 13.3. The van der Waals surface area contributed by atoms with Crippen LogP contribution in [0.3, 0.4) is 0 Å². The molecule has 2 heterocycles. The average Bonchev–Trinajstić information content (AvgIpc) is 3.72. The maximum Gasteiger partial charge on any atom is 0.315 e. The summed E-state index contributed by atoms with van der Waals surface area (Å²) in [4.78, 5) is 21.3. The summed E-state index contributed by atoms with van der Waals surface area (Å²) in [5.74, 6) is 1.30. The van der Waals surface area contributed by atoms with E-state index in [-0.39, 0.29) is 11.9 Å². The topological polar surface area (TPSA) is 54.4 Å². The molecule has 5 rings (SSSR count). The zero-order valence-corrected chi connectivity index (χ0v) is 21.4. The SMILES string of the molecule is O=C(OC1=Nc2cc(OCCCCN3CCN(c4cccc(Cl)c4Cl)CC3)ccc2CC1)C1CC1. The van der Waals surface area contributed by atoms with Crippen LogP contribution in [0.4, 0.5) is 11.4 Å². The van der Waals surface area contributed by atoms with E-state index >= 15 is 0 Å². The molecule has 186 valence electrons. The van der Waals surface area contributed by atoms with Crippen LogP contribution < -0.4 is 9.64 Å². The van der Waals surface area contributed by atoms with Crippen molar-refractivity contribution in [2.75, 3.05) is 44.2 Å². The van der Waals surface area contributed by atoms with Gasteiger partial charge in [0.2, 0.25) is 0 Å². The van der Waals surface area contributed by atoms with Gasteiger partial charge in [0.15, 0.2) is 5.90 Å². The summed E-state index contributed by atoms with van der Waals surface area (Å²) in [6.45, 7) is 5.66. The normalized spacial score (nSPS) is 18.1. The molecule has 35 heavy (non-hydrogen) atoms. The fourth-order valence-corrected chi connectivity index (χ4v) is 4.96. The average molecular weight is 516 g/mol. The molecule has 2 aromatic carbocycles. The number of benzene rings is 2. The number of hydrogen-bond donors (Lipinski definition) is 0. The highest BCUT2D eigenvalue weighted by Gasteiger charge is 2.32. The lowest BCUT2D eigenvalue weighted by Crippen LogP contribution is -2.46. The van der Waals surface area contributed by atoms with E-state index in [1.807, 2.05) is 30.3 Å². The van der Waals surface area contributed by atoms with Crippen molar-refractivity contribution < 1.29 is 14.3 Å². The van der Waals surface area contributed by atoms with E-state index in [1.165, 1.54) is 5.56 Å². The molecular weight excluding hydrogens is 485 g/mol. The van der Waals surface area contributed by atoms with Crippen molar-refractivity contribution in [2.45, 2.75) is 38.5 Å². The fourth-order valence-electron chi connectivity index (χ4n) is 4.55. The van der Waals surface area contributed by atoms with Crippen LogP contribution in [0.1, 0.15) is 37.7 Å². The standard InChI is InChI=1S/C27H31Cl2N3O3/c28-22-4-3-5-24(26(22)29)32-15-13-31(14-16-32)12-1-2-17-34-21-10-8-19-9-11-25(30-23(19)18-21)35-27(33)20-6-7-20/h3-5,8,10,18,20H,1-2,6-7,9,11-17H2. The molecule has 0 bridgehead atoms. The van der Waals surface area contributed by atoms with Crippen molar-refractivity contribution in [1.82, 2.24) is 4.90 Å². The third-order valence-corrected chi connectivity index (χ3v) is 7.63. The third-order valence-electron chi connectivity index (χ3n) is 6.82. The number of ether oxygens (including phenoxy) is 2. The van der Waals surface area contributed by atoms with Crippen molar-refractivity contribution in [3.05, 3.63) is 52.0 Å². The summed E-state index contributed by atoms with van der Waals surface area (Å²) < 4.78 is 11.5. The molecule has 0 aromatic heterocycles. The van der Waals surface area contributed by atoms with Crippen LogP contribution in [-0.2, 0) is 16.0 Å². The third kappa shape index (κ3) is 6.29. The van der Waals surface area contributed by atoms with Crippen molar-refractivity contribution >= 4 is 46.4 Å². The first-order chi connectivity index (χ1) is 17.1. The van der Waals surface area contributed by atoms with Gasteiger partial charge < -0.3 is 14.4 Å². The minimum absolute atomic E-state index is 0.0825. The second-order valence-electron chi connectivity index (χ2n) is 9.45. The van der Waals surface area contributed by atoms with Crippen molar-refractivity contribution in [3.63, 3.8) is 0 Å². The smallest absolute Gasteiger partial charge is 0.315 e. The molecule has 2 aliphatic heterocycles. The number of nitrogens with zero attached hydrogens (tertiary/aromatic N) is 3. The number of unbranched alkanes of at least 4 members (excludes halogenated alkanes) is 1. The van der Waals surface area contributed by atoms with Crippen LogP contribution in [-0.4, -0.2) is 56.1 Å². The molecule has 8 heteroatoms. The van der Waals surface area contributed by atoms with E-state index in [0.29, 0.717) is 29.0 Å². The molecule has 1 saturated heterocycles. The fraction of sp³-hybridized carbons (Fsp3) is 0.481. The predicted molar refractivity (Wildman–Crippen MR) is 141 cm³/mol.